The summed E-state index contributed by atoms with van der Waals surface area (Å²) in [4.78, 5) is 5.00. The number of fused-ring (bicyclic) bond motifs is 5. The Labute approximate surface area is 226 Å². The zero-order valence-electron chi connectivity index (χ0n) is 21.3. The first-order valence-electron chi connectivity index (χ1n) is 13.3. The Balaban J connectivity index is 1.30. The lowest BCUT2D eigenvalue weighted by molar-refractivity contribution is 1.10. The molecule has 0 aliphatic heterocycles. The summed E-state index contributed by atoms with van der Waals surface area (Å²) in [6, 6.07) is 52.1. The van der Waals surface area contributed by atoms with E-state index in [1.807, 2.05) is 12.1 Å². The lowest BCUT2D eigenvalue weighted by Crippen LogP contribution is -1.97. The predicted octanol–water partition coefficient (Wildman–Crippen LogP) is 9.82. The van der Waals surface area contributed by atoms with Crippen molar-refractivity contribution < 1.29 is 0 Å². The van der Waals surface area contributed by atoms with Gasteiger partial charge in [-0.15, -0.1) is 0 Å². The van der Waals surface area contributed by atoms with Crippen LogP contribution in [-0.2, 0) is 0 Å². The molecule has 0 fully saturated rings. The molecule has 39 heavy (non-hydrogen) atoms. The van der Waals surface area contributed by atoms with Gasteiger partial charge in [0, 0.05) is 11.3 Å². The SMILES string of the molecule is c1ccc(-c2nc3ccccc3n2-c2ccc(-c3cccc4cc5ccc6ccccc6c5cc34)cc2)cc1. The van der Waals surface area contributed by atoms with Crippen LogP contribution in [0.2, 0.25) is 0 Å². The van der Waals surface area contributed by atoms with E-state index in [2.05, 4.69) is 138 Å². The summed E-state index contributed by atoms with van der Waals surface area (Å²) < 4.78 is 2.26. The molecule has 8 rings (SSSR count). The number of benzene rings is 7. The van der Waals surface area contributed by atoms with Gasteiger partial charge in [0.2, 0.25) is 0 Å². The Morgan fingerprint density at radius 1 is 0.436 bits per heavy atom. The Bertz CT molecular complexity index is 2150. The van der Waals surface area contributed by atoms with Crippen LogP contribution < -0.4 is 0 Å². The van der Waals surface area contributed by atoms with Crippen molar-refractivity contribution in [2.75, 3.05) is 0 Å². The first kappa shape index (κ1) is 21.8. The highest BCUT2D eigenvalue weighted by molar-refractivity contribution is 6.14. The minimum atomic E-state index is 0.952. The first-order valence-corrected chi connectivity index (χ1v) is 13.3. The average molecular weight is 497 g/mol. The van der Waals surface area contributed by atoms with Gasteiger partial charge in [-0.25, -0.2) is 4.98 Å². The highest BCUT2D eigenvalue weighted by Crippen LogP contribution is 2.36. The highest BCUT2D eigenvalue weighted by Gasteiger charge is 2.14. The van der Waals surface area contributed by atoms with Gasteiger partial charge >= 0.3 is 0 Å². The summed E-state index contributed by atoms with van der Waals surface area (Å²) >= 11 is 0. The van der Waals surface area contributed by atoms with Crippen molar-refractivity contribution in [1.82, 2.24) is 9.55 Å². The number of imidazole rings is 1. The molecule has 0 radical (unpaired) electrons. The molecule has 0 aliphatic rings. The fraction of sp³-hybridized carbons (Fsp3) is 0. The van der Waals surface area contributed by atoms with Gasteiger partial charge in [-0.05, 0) is 79.8 Å². The summed E-state index contributed by atoms with van der Waals surface area (Å²) in [5.74, 6) is 0.952. The third-order valence-corrected chi connectivity index (χ3v) is 7.77. The molecule has 1 aromatic heterocycles. The summed E-state index contributed by atoms with van der Waals surface area (Å²) in [6.07, 6.45) is 0. The van der Waals surface area contributed by atoms with Crippen molar-refractivity contribution in [1.29, 1.82) is 0 Å². The quantitative estimate of drug-likeness (QED) is 0.176. The smallest absolute Gasteiger partial charge is 0.145 e. The van der Waals surface area contributed by atoms with E-state index in [0.717, 1.165) is 28.1 Å². The van der Waals surface area contributed by atoms with Gasteiger partial charge < -0.3 is 0 Å². The Morgan fingerprint density at radius 2 is 1.15 bits per heavy atom. The van der Waals surface area contributed by atoms with Gasteiger partial charge in [-0.1, -0.05) is 109 Å². The van der Waals surface area contributed by atoms with Crippen LogP contribution in [0.1, 0.15) is 0 Å². The molecule has 7 aromatic carbocycles. The van der Waals surface area contributed by atoms with Crippen LogP contribution >= 0.6 is 0 Å². The third kappa shape index (κ3) is 3.53. The van der Waals surface area contributed by atoms with Gasteiger partial charge in [-0.2, -0.15) is 0 Å². The van der Waals surface area contributed by atoms with Crippen LogP contribution in [0, 0.1) is 0 Å². The van der Waals surface area contributed by atoms with Crippen molar-refractivity contribution in [2.45, 2.75) is 0 Å². The van der Waals surface area contributed by atoms with Crippen LogP contribution in [-0.4, -0.2) is 9.55 Å². The largest absolute Gasteiger partial charge is 0.292 e. The lowest BCUT2D eigenvalue weighted by Gasteiger charge is -2.13. The lowest BCUT2D eigenvalue weighted by atomic mass is 9.93. The molecule has 182 valence electrons. The number of nitrogens with zero attached hydrogens (tertiary/aromatic N) is 2. The maximum Gasteiger partial charge on any atom is 0.145 e. The number of hydrogen-bond donors (Lipinski definition) is 0. The molecule has 0 N–H and O–H groups in total. The Morgan fingerprint density at radius 3 is 2.05 bits per heavy atom. The normalized spacial score (nSPS) is 11.6. The van der Waals surface area contributed by atoms with E-state index in [1.54, 1.807) is 0 Å². The molecule has 0 amide bonds. The minimum Gasteiger partial charge on any atom is -0.292 e. The van der Waals surface area contributed by atoms with Crippen molar-refractivity contribution in [3.05, 3.63) is 146 Å². The van der Waals surface area contributed by atoms with E-state index in [-0.39, 0.29) is 0 Å². The van der Waals surface area contributed by atoms with E-state index in [4.69, 9.17) is 4.98 Å². The van der Waals surface area contributed by atoms with Crippen LogP contribution in [0.4, 0.5) is 0 Å². The molecule has 0 aliphatic carbocycles. The molecule has 8 aromatic rings. The average Bonchev–Trinajstić information content (AvgIpc) is 3.40. The van der Waals surface area contributed by atoms with Gasteiger partial charge in [0.05, 0.1) is 11.0 Å². The molecule has 0 unspecified atom stereocenters. The van der Waals surface area contributed by atoms with Gasteiger partial charge in [0.1, 0.15) is 5.82 Å². The fourth-order valence-electron chi connectivity index (χ4n) is 5.89. The van der Waals surface area contributed by atoms with Crippen molar-refractivity contribution in [3.8, 4) is 28.2 Å². The standard InChI is InChI=1S/C37H24N2/c1-2-10-27(11-3-1)37-38-35-15-6-7-16-36(35)39(37)30-21-19-26(20-22-30)32-14-8-12-28-23-29-18-17-25-9-4-5-13-31(25)34(29)24-33(28)32/h1-24H. The second-order valence-corrected chi connectivity index (χ2v) is 10.1. The molecule has 2 heteroatoms. The monoisotopic (exact) mass is 496 g/mol. The van der Waals surface area contributed by atoms with Crippen molar-refractivity contribution >= 4 is 43.4 Å². The van der Waals surface area contributed by atoms with E-state index in [1.165, 1.54) is 43.4 Å². The number of rotatable bonds is 3. The third-order valence-electron chi connectivity index (χ3n) is 7.77. The molecular formula is C37H24N2. The molecular weight excluding hydrogens is 472 g/mol. The summed E-state index contributed by atoms with van der Waals surface area (Å²) in [7, 11) is 0. The minimum absolute atomic E-state index is 0.952. The zero-order chi connectivity index (χ0) is 25.8. The van der Waals surface area contributed by atoms with E-state index < -0.39 is 0 Å². The Kier molecular flexibility index (Phi) is 4.86. The summed E-state index contributed by atoms with van der Waals surface area (Å²) in [5, 5.41) is 7.66. The molecule has 0 spiro atoms. The fourth-order valence-corrected chi connectivity index (χ4v) is 5.89. The van der Waals surface area contributed by atoms with Gasteiger partial charge in [0.25, 0.3) is 0 Å². The predicted molar refractivity (Wildman–Crippen MR) is 164 cm³/mol. The first-order chi connectivity index (χ1) is 19.3. The van der Waals surface area contributed by atoms with E-state index in [0.29, 0.717) is 0 Å². The summed E-state index contributed by atoms with van der Waals surface area (Å²) in [6.45, 7) is 0. The molecule has 2 nitrogen and oxygen atoms in total. The molecule has 0 bridgehead atoms. The molecule has 0 saturated carbocycles. The van der Waals surface area contributed by atoms with E-state index >= 15 is 0 Å². The van der Waals surface area contributed by atoms with Crippen molar-refractivity contribution in [3.63, 3.8) is 0 Å². The second-order valence-electron chi connectivity index (χ2n) is 10.1. The van der Waals surface area contributed by atoms with Gasteiger partial charge in [-0.3, -0.25) is 4.57 Å². The van der Waals surface area contributed by atoms with Crippen LogP contribution in [0.15, 0.2) is 146 Å². The van der Waals surface area contributed by atoms with Gasteiger partial charge in [0.15, 0.2) is 0 Å². The second kappa shape index (κ2) is 8.68. The molecule has 0 atom stereocenters. The number of para-hydroxylation sites is 2. The molecule has 0 saturated heterocycles. The van der Waals surface area contributed by atoms with Crippen LogP contribution in [0.5, 0.6) is 0 Å². The van der Waals surface area contributed by atoms with Crippen LogP contribution in [0.25, 0.3) is 71.6 Å². The van der Waals surface area contributed by atoms with Crippen molar-refractivity contribution in [2.24, 2.45) is 0 Å². The highest BCUT2D eigenvalue weighted by atomic mass is 15.1. The summed E-state index contributed by atoms with van der Waals surface area (Å²) in [5.41, 5.74) is 6.75. The molecule has 1 heterocycles. The number of hydrogen-bond acceptors (Lipinski definition) is 1. The number of aromatic nitrogens is 2. The maximum absolute atomic E-state index is 5.00. The zero-order valence-corrected chi connectivity index (χ0v) is 21.3. The topological polar surface area (TPSA) is 17.8 Å². The van der Waals surface area contributed by atoms with Crippen LogP contribution in [0.3, 0.4) is 0 Å². The Hall–Kier alpha value is -5.21. The van der Waals surface area contributed by atoms with E-state index in [9.17, 15) is 0 Å². The maximum atomic E-state index is 5.00.